The van der Waals surface area contributed by atoms with E-state index in [2.05, 4.69) is 9.97 Å². The number of pyridine rings is 2. The van der Waals surface area contributed by atoms with Crippen molar-refractivity contribution >= 4 is 11.8 Å². The second-order valence-corrected chi connectivity index (χ2v) is 8.40. The highest BCUT2D eigenvalue weighted by Gasteiger charge is 2.42. The number of piperidine rings is 2. The fourth-order valence-corrected chi connectivity index (χ4v) is 4.59. The summed E-state index contributed by atoms with van der Waals surface area (Å²) in [5.74, 6) is 0.270. The first kappa shape index (κ1) is 19.6. The quantitative estimate of drug-likeness (QED) is 0.802. The summed E-state index contributed by atoms with van der Waals surface area (Å²) < 4.78 is 0. The molecular formula is C23H28N4O2. The van der Waals surface area contributed by atoms with Gasteiger partial charge in [0.05, 0.1) is 5.56 Å². The van der Waals surface area contributed by atoms with Gasteiger partial charge in [-0.3, -0.25) is 19.6 Å². The largest absolute Gasteiger partial charge is 0.342 e. The highest BCUT2D eigenvalue weighted by atomic mass is 16.2. The number of aromatic nitrogens is 2. The first-order chi connectivity index (χ1) is 14.0. The predicted molar refractivity (Wildman–Crippen MR) is 110 cm³/mol. The number of carbonyl (C=O) groups is 2. The first-order valence-electron chi connectivity index (χ1n) is 10.4. The molecule has 2 aromatic rings. The second kappa shape index (κ2) is 8.31. The van der Waals surface area contributed by atoms with E-state index in [4.69, 9.17) is 0 Å². The molecule has 2 amide bonds. The lowest BCUT2D eigenvalue weighted by Crippen LogP contribution is -2.55. The molecule has 0 saturated carbocycles. The van der Waals surface area contributed by atoms with Gasteiger partial charge in [0, 0.05) is 68.2 Å². The summed E-state index contributed by atoms with van der Waals surface area (Å²) in [6, 6.07) is 9.62. The average molecular weight is 393 g/mol. The van der Waals surface area contributed by atoms with Crippen LogP contribution in [-0.2, 0) is 11.2 Å². The summed E-state index contributed by atoms with van der Waals surface area (Å²) in [5, 5.41) is 0. The summed E-state index contributed by atoms with van der Waals surface area (Å²) in [6.45, 7) is 4.83. The molecule has 1 unspecified atom stereocenters. The number of amides is 2. The fourth-order valence-electron chi connectivity index (χ4n) is 4.59. The number of likely N-dealkylation sites (tertiary alicyclic amines) is 2. The topological polar surface area (TPSA) is 66.4 Å². The molecule has 2 saturated heterocycles. The van der Waals surface area contributed by atoms with E-state index in [1.807, 2.05) is 47.1 Å². The normalized spacial score (nSPS) is 22.2. The van der Waals surface area contributed by atoms with Crippen LogP contribution < -0.4 is 0 Å². The van der Waals surface area contributed by atoms with Gasteiger partial charge < -0.3 is 9.80 Å². The number of rotatable bonds is 4. The van der Waals surface area contributed by atoms with E-state index in [9.17, 15) is 9.59 Å². The van der Waals surface area contributed by atoms with Crippen molar-refractivity contribution in [3.05, 3.63) is 59.7 Å². The maximum absolute atomic E-state index is 13.0. The summed E-state index contributed by atoms with van der Waals surface area (Å²) in [6.07, 6.45) is 7.70. The van der Waals surface area contributed by atoms with Crippen molar-refractivity contribution < 1.29 is 9.59 Å². The van der Waals surface area contributed by atoms with E-state index in [0.29, 0.717) is 25.1 Å². The van der Waals surface area contributed by atoms with E-state index in [0.717, 1.165) is 50.2 Å². The predicted octanol–water partition coefficient (Wildman–Crippen LogP) is 2.87. The Labute approximate surface area is 172 Å². The van der Waals surface area contributed by atoms with Gasteiger partial charge in [-0.25, -0.2) is 0 Å². The van der Waals surface area contributed by atoms with Gasteiger partial charge in [0.1, 0.15) is 0 Å². The molecule has 0 N–H and O–H groups in total. The van der Waals surface area contributed by atoms with Crippen LogP contribution in [0.15, 0.2) is 42.7 Å². The minimum Gasteiger partial charge on any atom is -0.342 e. The Balaban J connectivity index is 1.43. The van der Waals surface area contributed by atoms with Crippen LogP contribution in [0.25, 0.3) is 0 Å². The molecule has 0 bridgehead atoms. The molecule has 0 aliphatic carbocycles. The van der Waals surface area contributed by atoms with Crippen molar-refractivity contribution in [2.45, 2.75) is 39.0 Å². The summed E-state index contributed by atoms with van der Waals surface area (Å²) >= 11 is 0. The lowest BCUT2D eigenvalue weighted by molar-refractivity contribution is -0.138. The molecule has 1 spiro atoms. The molecule has 6 heteroatoms. The molecule has 2 aromatic heterocycles. The monoisotopic (exact) mass is 392 g/mol. The second-order valence-electron chi connectivity index (χ2n) is 8.40. The maximum atomic E-state index is 13.0. The van der Waals surface area contributed by atoms with Crippen LogP contribution in [0.2, 0.25) is 0 Å². The van der Waals surface area contributed by atoms with Crippen LogP contribution in [-0.4, -0.2) is 57.8 Å². The number of hydrogen-bond donors (Lipinski definition) is 0. The van der Waals surface area contributed by atoms with E-state index in [1.165, 1.54) is 0 Å². The van der Waals surface area contributed by atoms with E-state index in [-0.39, 0.29) is 17.2 Å². The lowest BCUT2D eigenvalue weighted by atomic mass is 9.73. The molecule has 1 atom stereocenters. The molecule has 0 radical (unpaired) electrons. The third-order valence-electron chi connectivity index (χ3n) is 6.22. The van der Waals surface area contributed by atoms with Crippen LogP contribution in [0.1, 0.15) is 47.4 Å². The summed E-state index contributed by atoms with van der Waals surface area (Å²) in [7, 11) is 0. The van der Waals surface area contributed by atoms with Crippen molar-refractivity contribution in [3.63, 3.8) is 0 Å². The van der Waals surface area contributed by atoms with E-state index >= 15 is 0 Å². The number of nitrogens with zero attached hydrogens (tertiary/aromatic N) is 4. The minimum absolute atomic E-state index is 0.00403. The van der Waals surface area contributed by atoms with Crippen LogP contribution in [0.4, 0.5) is 0 Å². The Morgan fingerprint density at radius 2 is 2.03 bits per heavy atom. The van der Waals surface area contributed by atoms with Gasteiger partial charge in [-0.05, 0) is 50.5 Å². The van der Waals surface area contributed by atoms with Crippen molar-refractivity contribution in [1.82, 2.24) is 19.8 Å². The van der Waals surface area contributed by atoms with Gasteiger partial charge in [-0.15, -0.1) is 0 Å². The van der Waals surface area contributed by atoms with Crippen LogP contribution in [0, 0.1) is 12.3 Å². The van der Waals surface area contributed by atoms with Gasteiger partial charge in [0.15, 0.2) is 0 Å². The standard InChI is InChI=1S/C23H28N4O2/c1-18-6-7-19(15-25-18)22(29)27-13-4-10-23(17-27)11-8-21(28)26(16-23)14-9-20-5-2-3-12-24-20/h2-3,5-7,12,15H,4,8-11,13-14,16-17H2,1H3. The van der Waals surface area contributed by atoms with E-state index in [1.54, 1.807) is 12.4 Å². The van der Waals surface area contributed by atoms with E-state index < -0.39 is 0 Å². The van der Waals surface area contributed by atoms with Crippen molar-refractivity contribution in [1.29, 1.82) is 0 Å². The van der Waals surface area contributed by atoms with Crippen LogP contribution in [0.5, 0.6) is 0 Å². The third-order valence-corrected chi connectivity index (χ3v) is 6.22. The van der Waals surface area contributed by atoms with Gasteiger partial charge in [0.2, 0.25) is 5.91 Å². The number of hydrogen-bond acceptors (Lipinski definition) is 4. The Kier molecular flexibility index (Phi) is 5.60. The molecule has 4 heterocycles. The Hall–Kier alpha value is -2.76. The van der Waals surface area contributed by atoms with Gasteiger partial charge in [0.25, 0.3) is 5.91 Å². The molecule has 6 nitrogen and oxygen atoms in total. The SMILES string of the molecule is Cc1ccc(C(=O)N2CCCC3(CCC(=O)N(CCc4ccccn4)C3)C2)cn1. The van der Waals surface area contributed by atoms with Crippen molar-refractivity contribution in [2.75, 3.05) is 26.2 Å². The maximum Gasteiger partial charge on any atom is 0.255 e. The molecule has 4 rings (SSSR count). The first-order valence-corrected chi connectivity index (χ1v) is 10.4. The Morgan fingerprint density at radius 1 is 1.14 bits per heavy atom. The lowest BCUT2D eigenvalue weighted by Gasteiger charge is -2.48. The highest BCUT2D eigenvalue weighted by molar-refractivity contribution is 5.94. The molecule has 2 aliphatic rings. The Morgan fingerprint density at radius 3 is 2.79 bits per heavy atom. The number of carbonyl (C=O) groups excluding carboxylic acids is 2. The molecular weight excluding hydrogens is 364 g/mol. The van der Waals surface area contributed by atoms with Crippen molar-refractivity contribution in [2.24, 2.45) is 5.41 Å². The highest BCUT2D eigenvalue weighted by Crippen LogP contribution is 2.39. The smallest absolute Gasteiger partial charge is 0.255 e. The molecule has 0 aromatic carbocycles. The molecule has 29 heavy (non-hydrogen) atoms. The van der Waals surface area contributed by atoms with Crippen LogP contribution >= 0.6 is 0 Å². The molecule has 152 valence electrons. The number of aryl methyl sites for hydroxylation is 1. The van der Waals surface area contributed by atoms with Crippen LogP contribution in [0.3, 0.4) is 0 Å². The third kappa shape index (κ3) is 4.47. The minimum atomic E-state index is 0.00403. The average Bonchev–Trinajstić information content (AvgIpc) is 2.75. The zero-order valence-corrected chi connectivity index (χ0v) is 17.0. The van der Waals surface area contributed by atoms with Gasteiger partial charge in [-0.1, -0.05) is 6.07 Å². The van der Waals surface area contributed by atoms with Gasteiger partial charge >= 0.3 is 0 Å². The summed E-state index contributed by atoms with van der Waals surface area (Å²) in [5.41, 5.74) is 2.56. The molecule has 2 aliphatic heterocycles. The zero-order chi connectivity index (χ0) is 20.3. The van der Waals surface area contributed by atoms with Crippen molar-refractivity contribution in [3.8, 4) is 0 Å². The van der Waals surface area contributed by atoms with Gasteiger partial charge in [-0.2, -0.15) is 0 Å². The fraction of sp³-hybridized carbons (Fsp3) is 0.478. The molecule has 2 fully saturated rings. The summed E-state index contributed by atoms with van der Waals surface area (Å²) in [4.78, 5) is 38.1. The Bertz CT molecular complexity index is 868. The zero-order valence-electron chi connectivity index (χ0n) is 17.0.